The Morgan fingerprint density at radius 1 is 1.00 bits per heavy atom. The molecule has 1 aliphatic rings. The van der Waals surface area contributed by atoms with Gasteiger partial charge in [-0.3, -0.25) is 0 Å². The van der Waals surface area contributed by atoms with Crippen LogP contribution in [0.3, 0.4) is 0 Å². The van der Waals surface area contributed by atoms with E-state index in [4.69, 9.17) is 0 Å². The Kier molecular flexibility index (Phi) is 3.03. The van der Waals surface area contributed by atoms with E-state index in [-0.39, 0.29) is 6.10 Å². The van der Waals surface area contributed by atoms with Gasteiger partial charge in [0.25, 0.3) is 0 Å². The maximum absolute atomic E-state index is 10.0. The van der Waals surface area contributed by atoms with Gasteiger partial charge >= 0.3 is 0 Å². The maximum atomic E-state index is 10.0. The van der Waals surface area contributed by atoms with Crippen molar-refractivity contribution in [1.29, 1.82) is 0 Å². The van der Waals surface area contributed by atoms with E-state index in [9.17, 15) is 5.11 Å². The molecule has 0 radical (unpaired) electrons. The number of aliphatic hydroxyl groups excluding tert-OH is 1. The minimum absolute atomic E-state index is 0.312. The normalized spacial score (nSPS) is 18.5. The molecule has 0 amide bonds. The summed E-state index contributed by atoms with van der Waals surface area (Å²) in [6.45, 7) is 1.82. The molecular weight excluding hydrogens is 222 g/mol. The van der Waals surface area contributed by atoms with Crippen LogP contribution in [0.1, 0.15) is 23.7 Å². The Bertz CT molecular complexity index is 524. The summed E-state index contributed by atoms with van der Waals surface area (Å²) < 4.78 is 0. The van der Waals surface area contributed by atoms with E-state index in [0.29, 0.717) is 0 Å². The highest BCUT2D eigenvalue weighted by Crippen LogP contribution is 2.34. The molecule has 1 atom stereocenters. The zero-order valence-electron chi connectivity index (χ0n) is 10.3. The summed E-state index contributed by atoms with van der Waals surface area (Å²) in [5.74, 6) is 0. The molecule has 2 aromatic rings. The fraction of sp³-hybridized carbons (Fsp3) is 0.250. The molecule has 2 heteroatoms. The summed E-state index contributed by atoms with van der Waals surface area (Å²) >= 11 is 0. The lowest BCUT2D eigenvalue weighted by Crippen LogP contribution is -2.30. The van der Waals surface area contributed by atoms with Crippen LogP contribution in [0.25, 0.3) is 0 Å². The molecule has 0 aliphatic carbocycles. The van der Waals surface area contributed by atoms with Crippen LogP contribution < -0.4 is 4.90 Å². The molecule has 1 aliphatic heterocycles. The van der Waals surface area contributed by atoms with Crippen molar-refractivity contribution in [3.05, 3.63) is 65.7 Å². The van der Waals surface area contributed by atoms with Gasteiger partial charge in [0.05, 0.1) is 6.10 Å². The number of hydrogen-bond donors (Lipinski definition) is 1. The van der Waals surface area contributed by atoms with Gasteiger partial charge in [-0.1, -0.05) is 48.5 Å². The molecule has 0 saturated carbocycles. The number of anilines is 1. The van der Waals surface area contributed by atoms with Gasteiger partial charge in [0.1, 0.15) is 0 Å². The third kappa shape index (κ3) is 2.12. The molecule has 0 saturated heterocycles. The van der Waals surface area contributed by atoms with Gasteiger partial charge in [0.2, 0.25) is 0 Å². The van der Waals surface area contributed by atoms with Crippen LogP contribution in [-0.4, -0.2) is 11.7 Å². The van der Waals surface area contributed by atoms with Crippen LogP contribution in [0.2, 0.25) is 0 Å². The quantitative estimate of drug-likeness (QED) is 0.870. The van der Waals surface area contributed by atoms with Crippen LogP contribution in [0.15, 0.2) is 54.6 Å². The number of aliphatic hydroxyl groups is 1. The summed E-state index contributed by atoms with van der Waals surface area (Å²) in [6.07, 6.45) is 0.498. The van der Waals surface area contributed by atoms with Crippen LogP contribution in [0.4, 0.5) is 5.69 Å². The van der Waals surface area contributed by atoms with Gasteiger partial charge in [0, 0.05) is 24.3 Å². The summed E-state index contributed by atoms with van der Waals surface area (Å²) in [5.41, 5.74) is 3.53. The van der Waals surface area contributed by atoms with Crippen molar-refractivity contribution < 1.29 is 5.11 Å². The zero-order chi connectivity index (χ0) is 12.4. The molecule has 92 valence electrons. The first-order valence-electron chi connectivity index (χ1n) is 6.40. The van der Waals surface area contributed by atoms with Crippen molar-refractivity contribution in [2.75, 3.05) is 11.4 Å². The minimum atomic E-state index is -0.312. The van der Waals surface area contributed by atoms with Gasteiger partial charge in [-0.15, -0.1) is 0 Å². The Balaban J connectivity index is 1.89. The first-order chi connectivity index (χ1) is 8.84. The molecule has 1 unspecified atom stereocenters. The van der Waals surface area contributed by atoms with Gasteiger partial charge in [-0.2, -0.15) is 0 Å². The smallest absolute Gasteiger partial charge is 0.0826 e. The van der Waals surface area contributed by atoms with Crippen molar-refractivity contribution in [2.24, 2.45) is 0 Å². The molecule has 2 nitrogen and oxygen atoms in total. The Labute approximate surface area is 107 Å². The molecule has 3 rings (SSSR count). The predicted molar refractivity (Wildman–Crippen MR) is 73.5 cm³/mol. The first-order valence-corrected chi connectivity index (χ1v) is 6.40. The van der Waals surface area contributed by atoms with Gasteiger partial charge in [-0.25, -0.2) is 0 Å². The Hall–Kier alpha value is -1.80. The first kappa shape index (κ1) is 11.3. The summed E-state index contributed by atoms with van der Waals surface area (Å²) in [4.78, 5) is 2.34. The SMILES string of the molecule is OC1CCN(Cc2ccccc2)c2ccccc21. The summed E-state index contributed by atoms with van der Waals surface area (Å²) in [6, 6.07) is 18.6. The van der Waals surface area contributed by atoms with E-state index in [0.717, 1.165) is 25.1 Å². The number of fused-ring (bicyclic) bond motifs is 1. The lowest BCUT2D eigenvalue weighted by atomic mass is 9.98. The lowest BCUT2D eigenvalue weighted by Gasteiger charge is -2.33. The minimum Gasteiger partial charge on any atom is -0.388 e. The molecule has 2 aromatic carbocycles. The number of rotatable bonds is 2. The number of nitrogens with zero attached hydrogens (tertiary/aromatic N) is 1. The third-order valence-corrected chi connectivity index (χ3v) is 3.53. The zero-order valence-corrected chi connectivity index (χ0v) is 10.3. The maximum Gasteiger partial charge on any atom is 0.0826 e. The van der Waals surface area contributed by atoms with Gasteiger partial charge in [-0.05, 0) is 18.1 Å². The Morgan fingerprint density at radius 2 is 1.72 bits per heavy atom. The van der Waals surface area contributed by atoms with Gasteiger partial charge in [0.15, 0.2) is 0 Å². The van der Waals surface area contributed by atoms with Crippen molar-refractivity contribution >= 4 is 5.69 Å². The second-order valence-corrected chi connectivity index (χ2v) is 4.77. The second kappa shape index (κ2) is 4.83. The highest BCUT2D eigenvalue weighted by atomic mass is 16.3. The van der Waals surface area contributed by atoms with Crippen molar-refractivity contribution in [3.63, 3.8) is 0 Å². The van der Waals surface area contributed by atoms with Crippen LogP contribution in [-0.2, 0) is 6.54 Å². The number of hydrogen-bond acceptors (Lipinski definition) is 2. The Morgan fingerprint density at radius 3 is 2.56 bits per heavy atom. The highest BCUT2D eigenvalue weighted by molar-refractivity contribution is 5.56. The lowest BCUT2D eigenvalue weighted by molar-refractivity contribution is 0.164. The molecule has 1 N–H and O–H groups in total. The van der Waals surface area contributed by atoms with Crippen molar-refractivity contribution in [3.8, 4) is 0 Å². The predicted octanol–water partition coefficient (Wildman–Crippen LogP) is 3.13. The summed E-state index contributed by atoms with van der Waals surface area (Å²) in [7, 11) is 0. The fourth-order valence-electron chi connectivity index (χ4n) is 2.58. The molecular formula is C16H17NO. The van der Waals surface area contributed by atoms with E-state index >= 15 is 0 Å². The van der Waals surface area contributed by atoms with E-state index in [1.165, 1.54) is 11.3 Å². The van der Waals surface area contributed by atoms with Crippen LogP contribution in [0.5, 0.6) is 0 Å². The van der Waals surface area contributed by atoms with Crippen molar-refractivity contribution in [2.45, 2.75) is 19.1 Å². The fourth-order valence-corrected chi connectivity index (χ4v) is 2.58. The van der Waals surface area contributed by atoms with E-state index in [1.54, 1.807) is 0 Å². The molecule has 1 heterocycles. The average molecular weight is 239 g/mol. The monoisotopic (exact) mass is 239 g/mol. The van der Waals surface area contributed by atoms with E-state index < -0.39 is 0 Å². The number of benzene rings is 2. The molecule has 18 heavy (non-hydrogen) atoms. The molecule has 0 bridgehead atoms. The van der Waals surface area contributed by atoms with Gasteiger partial charge < -0.3 is 10.0 Å². The standard InChI is InChI=1S/C16H17NO/c18-16-10-11-17(12-13-6-2-1-3-7-13)15-9-5-4-8-14(15)16/h1-9,16,18H,10-12H2. The summed E-state index contributed by atoms with van der Waals surface area (Å²) in [5, 5.41) is 10.0. The van der Waals surface area contributed by atoms with E-state index in [1.807, 2.05) is 24.3 Å². The molecule has 0 aromatic heterocycles. The van der Waals surface area contributed by atoms with Crippen molar-refractivity contribution in [1.82, 2.24) is 0 Å². The van der Waals surface area contributed by atoms with Crippen LogP contribution in [0, 0.1) is 0 Å². The van der Waals surface area contributed by atoms with E-state index in [2.05, 4.69) is 35.2 Å². The average Bonchev–Trinajstić information content (AvgIpc) is 2.44. The molecule has 0 fully saturated rings. The molecule has 0 spiro atoms. The van der Waals surface area contributed by atoms with Crippen LogP contribution >= 0.6 is 0 Å². The third-order valence-electron chi connectivity index (χ3n) is 3.53. The highest BCUT2D eigenvalue weighted by Gasteiger charge is 2.22. The second-order valence-electron chi connectivity index (χ2n) is 4.77. The topological polar surface area (TPSA) is 23.5 Å². The number of para-hydroxylation sites is 1. The largest absolute Gasteiger partial charge is 0.388 e.